The number of unbranched alkanes of at least 4 members (excludes halogenated alkanes) is 10. The van der Waals surface area contributed by atoms with Gasteiger partial charge in [-0.3, -0.25) is 0 Å². The van der Waals surface area contributed by atoms with Gasteiger partial charge in [0, 0.05) is 6.61 Å². The average Bonchev–Trinajstić information content (AvgIpc) is 2.41. The molecule has 0 aliphatic rings. The Morgan fingerprint density at radius 2 is 1.05 bits per heavy atom. The van der Waals surface area contributed by atoms with Crippen LogP contribution in [0.5, 0.6) is 0 Å². The molecular weight excluding hydrogens is 232 g/mol. The van der Waals surface area contributed by atoms with Crippen molar-refractivity contribution in [2.75, 3.05) is 6.61 Å². The number of rotatable bonds is 15. The van der Waals surface area contributed by atoms with Crippen molar-refractivity contribution in [2.24, 2.45) is 5.92 Å². The van der Waals surface area contributed by atoms with Crippen molar-refractivity contribution in [3.63, 3.8) is 0 Å². The predicted molar refractivity (Wildman–Crippen MR) is 86.6 cm³/mol. The Bertz CT molecular complexity index is 156. The minimum Gasteiger partial charge on any atom is -0.396 e. The highest BCUT2D eigenvalue weighted by Crippen LogP contribution is 2.17. The first-order chi connectivity index (χ1) is 9.31. The van der Waals surface area contributed by atoms with Gasteiger partial charge in [0.15, 0.2) is 0 Å². The molecule has 0 rings (SSSR count). The standard InChI is InChI=1S/C18H38O/c1-3-4-5-6-7-8-9-10-11-12-15-18(2)16-13-14-17-19/h18-19H,3-17H2,1-2H3/t18-/m0/s1. The third-order valence-corrected chi connectivity index (χ3v) is 4.16. The van der Waals surface area contributed by atoms with E-state index in [1.54, 1.807) is 0 Å². The van der Waals surface area contributed by atoms with Crippen molar-refractivity contribution in [3.05, 3.63) is 0 Å². The highest BCUT2D eigenvalue weighted by Gasteiger charge is 2.01. The largest absolute Gasteiger partial charge is 0.396 e. The van der Waals surface area contributed by atoms with Crippen LogP contribution in [0.2, 0.25) is 0 Å². The van der Waals surface area contributed by atoms with E-state index in [1.165, 1.54) is 83.5 Å². The van der Waals surface area contributed by atoms with Crippen LogP contribution >= 0.6 is 0 Å². The number of hydrogen-bond acceptors (Lipinski definition) is 1. The summed E-state index contributed by atoms with van der Waals surface area (Å²) < 4.78 is 0. The predicted octanol–water partition coefficient (Wildman–Crippen LogP) is 6.10. The molecule has 0 aliphatic heterocycles. The molecule has 1 nitrogen and oxygen atoms in total. The molecule has 0 spiro atoms. The Morgan fingerprint density at radius 3 is 1.53 bits per heavy atom. The number of hydrogen-bond donors (Lipinski definition) is 1. The lowest BCUT2D eigenvalue weighted by atomic mass is 9.97. The fraction of sp³-hybridized carbons (Fsp3) is 1.00. The maximum Gasteiger partial charge on any atom is 0.0431 e. The quantitative estimate of drug-likeness (QED) is 0.357. The van der Waals surface area contributed by atoms with Crippen LogP contribution in [0.25, 0.3) is 0 Å². The van der Waals surface area contributed by atoms with Gasteiger partial charge in [0.1, 0.15) is 0 Å². The molecule has 0 amide bonds. The fourth-order valence-electron chi connectivity index (χ4n) is 2.73. The molecule has 1 N–H and O–H groups in total. The summed E-state index contributed by atoms with van der Waals surface area (Å²) in [6.07, 6.45) is 19.2. The first kappa shape index (κ1) is 19.0. The minimum atomic E-state index is 0.366. The van der Waals surface area contributed by atoms with Gasteiger partial charge in [-0.1, -0.05) is 97.3 Å². The third-order valence-electron chi connectivity index (χ3n) is 4.16. The molecule has 0 fully saturated rings. The van der Waals surface area contributed by atoms with Gasteiger partial charge in [-0.25, -0.2) is 0 Å². The van der Waals surface area contributed by atoms with Crippen LogP contribution in [0.3, 0.4) is 0 Å². The van der Waals surface area contributed by atoms with Crippen LogP contribution in [-0.4, -0.2) is 11.7 Å². The topological polar surface area (TPSA) is 20.2 Å². The Morgan fingerprint density at radius 1 is 0.632 bits per heavy atom. The van der Waals surface area contributed by atoms with Gasteiger partial charge in [-0.15, -0.1) is 0 Å². The van der Waals surface area contributed by atoms with E-state index in [4.69, 9.17) is 5.11 Å². The van der Waals surface area contributed by atoms with Gasteiger partial charge in [0.2, 0.25) is 0 Å². The van der Waals surface area contributed by atoms with Gasteiger partial charge in [0.05, 0.1) is 0 Å². The van der Waals surface area contributed by atoms with E-state index >= 15 is 0 Å². The van der Waals surface area contributed by atoms with E-state index in [1.807, 2.05) is 0 Å². The lowest BCUT2D eigenvalue weighted by Gasteiger charge is -2.10. The summed E-state index contributed by atoms with van der Waals surface area (Å²) in [5, 5.41) is 8.74. The van der Waals surface area contributed by atoms with Crippen molar-refractivity contribution in [1.29, 1.82) is 0 Å². The SMILES string of the molecule is CCCCCCCCCCCC[C@H](C)CCCCO. The maximum atomic E-state index is 8.74. The monoisotopic (exact) mass is 270 g/mol. The Kier molecular flexibility index (Phi) is 16.0. The molecule has 0 saturated carbocycles. The van der Waals surface area contributed by atoms with Crippen LogP contribution in [0, 0.1) is 5.92 Å². The smallest absolute Gasteiger partial charge is 0.0431 e. The molecule has 0 heterocycles. The van der Waals surface area contributed by atoms with Gasteiger partial charge in [0.25, 0.3) is 0 Å². The molecule has 0 aliphatic carbocycles. The van der Waals surface area contributed by atoms with E-state index < -0.39 is 0 Å². The first-order valence-electron chi connectivity index (χ1n) is 8.92. The van der Waals surface area contributed by atoms with E-state index in [0.29, 0.717) is 6.61 Å². The minimum absolute atomic E-state index is 0.366. The van der Waals surface area contributed by atoms with E-state index in [-0.39, 0.29) is 0 Å². The average molecular weight is 271 g/mol. The van der Waals surface area contributed by atoms with Gasteiger partial charge < -0.3 is 5.11 Å². The Balaban J connectivity index is 3.05. The molecule has 0 saturated heterocycles. The summed E-state index contributed by atoms with van der Waals surface area (Å²) in [6.45, 7) is 5.01. The van der Waals surface area contributed by atoms with Crippen molar-refractivity contribution in [3.8, 4) is 0 Å². The zero-order chi connectivity index (χ0) is 14.2. The lowest BCUT2D eigenvalue weighted by molar-refractivity contribution is 0.277. The summed E-state index contributed by atoms with van der Waals surface area (Å²) in [5.74, 6) is 0.862. The molecule has 0 unspecified atom stereocenters. The summed E-state index contributed by atoms with van der Waals surface area (Å²) in [7, 11) is 0. The molecule has 1 atom stereocenters. The molecule has 116 valence electrons. The fourth-order valence-corrected chi connectivity index (χ4v) is 2.73. The molecule has 0 bridgehead atoms. The molecule has 0 aromatic rings. The first-order valence-corrected chi connectivity index (χ1v) is 8.92. The Labute approximate surface area is 122 Å². The van der Waals surface area contributed by atoms with Crippen LogP contribution in [0.15, 0.2) is 0 Å². The summed E-state index contributed by atoms with van der Waals surface area (Å²) >= 11 is 0. The van der Waals surface area contributed by atoms with Crippen molar-refractivity contribution in [1.82, 2.24) is 0 Å². The van der Waals surface area contributed by atoms with Gasteiger partial charge >= 0.3 is 0 Å². The van der Waals surface area contributed by atoms with Crippen LogP contribution in [-0.2, 0) is 0 Å². The van der Waals surface area contributed by atoms with Crippen LogP contribution < -0.4 is 0 Å². The summed E-state index contributed by atoms with van der Waals surface area (Å²) in [4.78, 5) is 0. The second kappa shape index (κ2) is 16.0. The highest BCUT2D eigenvalue weighted by molar-refractivity contribution is 4.55. The Hall–Kier alpha value is -0.0400. The summed E-state index contributed by atoms with van der Waals surface area (Å²) in [5.41, 5.74) is 0. The summed E-state index contributed by atoms with van der Waals surface area (Å²) in [6, 6.07) is 0. The maximum absolute atomic E-state index is 8.74. The zero-order valence-electron chi connectivity index (χ0n) is 13.6. The number of aliphatic hydroxyl groups is 1. The van der Waals surface area contributed by atoms with Crippen molar-refractivity contribution in [2.45, 2.75) is 104 Å². The second-order valence-electron chi connectivity index (χ2n) is 6.30. The highest BCUT2D eigenvalue weighted by atomic mass is 16.2. The molecule has 1 heteroatoms. The normalized spacial score (nSPS) is 12.8. The van der Waals surface area contributed by atoms with E-state index in [0.717, 1.165) is 12.3 Å². The van der Waals surface area contributed by atoms with E-state index in [2.05, 4.69) is 13.8 Å². The molecule has 19 heavy (non-hydrogen) atoms. The molecule has 0 aromatic heterocycles. The molecule has 0 radical (unpaired) electrons. The molecular formula is C18H38O. The lowest BCUT2D eigenvalue weighted by Crippen LogP contribution is -1.96. The van der Waals surface area contributed by atoms with Gasteiger partial charge in [-0.05, 0) is 12.3 Å². The van der Waals surface area contributed by atoms with Gasteiger partial charge in [-0.2, -0.15) is 0 Å². The number of aliphatic hydroxyl groups excluding tert-OH is 1. The zero-order valence-corrected chi connectivity index (χ0v) is 13.6. The van der Waals surface area contributed by atoms with Crippen molar-refractivity contribution >= 4 is 0 Å². The second-order valence-corrected chi connectivity index (χ2v) is 6.30. The van der Waals surface area contributed by atoms with Crippen LogP contribution in [0.4, 0.5) is 0 Å². The molecule has 0 aromatic carbocycles. The van der Waals surface area contributed by atoms with Crippen LogP contribution in [0.1, 0.15) is 104 Å². The van der Waals surface area contributed by atoms with Crippen molar-refractivity contribution < 1.29 is 5.11 Å². The third kappa shape index (κ3) is 15.9. The van der Waals surface area contributed by atoms with E-state index in [9.17, 15) is 0 Å².